The minimum absolute atomic E-state index is 0.00928. The number of hydrogen-bond acceptors (Lipinski definition) is 4. The van der Waals surface area contributed by atoms with Gasteiger partial charge in [0.1, 0.15) is 6.61 Å². The first-order valence-electron chi connectivity index (χ1n) is 10.1. The number of unbranched alkanes of at least 4 members (excludes halogenated alkanes) is 6. The number of ketones is 3. The van der Waals surface area contributed by atoms with Crippen molar-refractivity contribution in [2.24, 2.45) is 0 Å². The second-order valence-corrected chi connectivity index (χ2v) is 7.34. The standard InChI is InChI=1S/C23H34O4/c1-6-7-8-9-10-11-12-13-19(21(24)15-27-5)14-20-18(4)22(25)16(2)17(3)23(20)26/h14H,6-13,15H2,1-5H3. The van der Waals surface area contributed by atoms with Crippen LogP contribution in [0.25, 0.3) is 0 Å². The summed E-state index contributed by atoms with van der Waals surface area (Å²) in [5.41, 5.74) is 2.31. The summed E-state index contributed by atoms with van der Waals surface area (Å²) in [5, 5.41) is 0. The number of Topliss-reactive ketones (excluding diaryl/α,β-unsaturated/α-hetero) is 3. The number of ether oxygens (including phenoxy) is 1. The van der Waals surface area contributed by atoms with E-state index >= 15 is 0 Å². The molecule has 4 nitrogen and oxygen atoms in total. The summed E-state index contributed by atoms with van der Waals surface area (Å²) in [5.74, 6) is -0.396. The predicted octanol–water partition coefficient (Wildman–Crippen LogP) is 5.07. The maximum absolute atomic E-state index is 12.6. The van der Waals surface area contributed by atoms with Gasteiger partial charge in [-0.1, -0.05) is 45.4 Å². The summed E-state index contributed by atoms with van der Waals surface area (Å²) >= 11 is 0. The second kappa shape index (κ2) is 11.8. The molecule has 0 unspecified atom stereocenters. The lowest BCUT2D eigenvalue weighted by molar-refractivity contribution is -0.119. The van der Waals surface area contributed by atoms with Crippen LogP contribution in [0.15, 0.2) is 33.9 Å². The van der Waals surface area contributed by atoms with Gasteiger partial charge in [-0.05, 0) is 45.3 Å². The van der Waals surface area contributed by atoms with Crippen LogP contribution in [0.3, 0.4) is 0 Å². The number of methoxy groups -OCH3 is 1. The Morgan fingerprint density at radius 2 is 1.41 bits per heavy atom. The molecule has 0 fully saturated rings. The van der Waals surface area contributed by atoms with Gasteiger partial charge in [0.05, 0.1) is 0 Å². The van der Waals surface area contributed by atoms with Crippen molar-refractivity contribution in [1.29, 1.82) is 0 Å². The van der Waals surface area contributed by atoms with E-state index in [1.807, 2.05) is 0 Å². The summed E-state index contributed by atoms with van der Waals surface area (Å²) in [6.07, 6.45) is 10.3. The third kappa shape index (κ3) is 6.69. The van der Waals surface area contributed by atoms with Gasteiger partial charge in [-0.25, -0.2) is 0 Å². The van der Waals surface area contributed by atoms with Crippen LogP contribution in [0.1, 0.15) is 79.1 Å². The Kier molecular flexibility index (Phi) is 10.2. The van der Waals surface area contributed by atoms with Crippen molar-refractivity contribution in [3.63, 3.8) is 0 Å². The van der Waals surface area contributed by atoms with E-state index in [1.54, 1.807) is 26.8 Å². The molecule has 0 saturated heterocycles. The van der Waals surface area contributed by atoms with E-state index in [2.05, 4.69) is 6.92 Å². The molecule has 150 valence electrons. The fraction of sp³-hybridized carbons (Fsp3) is 0.609. The summed E-state index contributed by atoms with van der Waals surface area (Å²) in [7, 11) is 1.49. The zero-order chi connectivity index (χ0) is 20.4. The van der Waals surface area contributed by atoms with E-state index in [1.165, 1.54) is 32.8 Å². The average Bonchev–Trinajstić information content (AvgIpc) is 2.65. The van der Waals surface area contributed by atoms with Gasteiger partial charge < -0.3 is 4.74 Å². The highest BCUT2D eigenvalue weighted by Crippen LogP contribution is 2.27. The molecule has 1 aliphatic carbocycles. The van der Waals surface area contributed by atoms with E-state index in [0.29, 0.717) is 34.3 Å². The molecule has 0 aliphatic heterocycles. The number of hydrogen-bond donors (Lipinski definition) is 0. The van der Waals surface area contributed by atoms with Gasteiger partial charge in [-0.2, -0.15) is 0 Å². The minimum Gasteiger partial charge on any atom is -0.377 e. The highest BCUT2D eigenvalue weighted by atomic mass is 16.5. The molecule has 27 heavy (non-hydrogen) atoms. The van der Waals surface area contributed by atoms with Crippen molar-refractivity contribution in [3.8, 4) is 0 Å². The SMILES string of the molecule is CCCCCCCCCC(=CC1=C(C)C(=O)C(C)=C(C)C1=O)C(=O)COC. The summed E-state index contributed by atoms with van der Waals surface area (Å²) in [4.78, 5) is 37.4. The van der Waals surface area contributed by atoms with Gasteiger partial charge in [0, 0.05) is 29.4 Å². The Balaban J connectivity index is 2.89. The maximum atomic E-state index is 12.6. The Morgan fingerprint density at radius 1 is 0.852 bits per heavy atom. The normalized spacial score (nSPS) is 15.8. The van der Waals surface area contributed by atoms with Crippen LogP contribution in [0, 0.1) is 0 Å². The molecule has 1 rings (SSSR count). The van der Waals surface area contributed by atoms with Crippen molar-refractivity contribution < 1.29 is 19.1 Å². The lowest BCUT2D eigenvalue weighted by atomic mass is 9.84. The molecule has 0 bridgehead atoms. The Hall–Kier alpha value is -1.81. The predicted molar refractivity (Wildman–Crippen MR) is 109 cm³/mol. The van der Waals surface area contributed by atoms with E-state index < -0.39 is 0 Å². The monoisotopic (exact) mass is 374 g/mol. The zero-order valence-electron chi connectivity index (χ0n) is 17.6. The van der Waals surface area contributed by atoms with E-state index in [-0.39, 0.29) is 24.0 Å². The van der Waals surface area contributed by atoms with Crippen LogP contribution < -0.4 is 0 Å². The molecule has 4 heteroatoms. The van der Waals surface area contributed by atoms with Crippen molar-refractivity contribution in [2.45, 2.75) is 79.1 Å². The smallest absolute Gasteiger partial charge is 0.189 e. The molecule has 0 aromatic heterocycles. The van der Waals surface area contributed by atoms with Crippen molar-refractivity contribution in [3.05, 3.63) is 33.9 Å². The van der Waals surface area contributed by atoms with E-state index in [9.17, 15) is 14.4 Å². The Bertz CT molecular complexity index is 662. The molecule has 0 aromatic rings. The first-order valence-corrected chi connectivity index (χ1v) is 10.1. The number of carbonyl (C=O) groups is 3. The molecule has 0 amide bonds. The van der Waals surface area contributed by atoms with Gasteiger partial charge in [0.15, 0.2) is 17.3 Å². The Morgan fingerprint density at radius 3 is 2.00 bits per heavy atom. The minimum atomic E-state index is -0.160. The molecular formula is C23H34O4. The quantitative estimate of drug-likeness (QED) is 0.272. The molecule has 0 saturated carbocycles. The lowest BCUT2D eigenvalue weighted by Crippen LogP contribution is -2.21. The second-order valence-electron chi connectivity index (χ2n) is 7.34. The van der Waals surface area contributed by atoms with Crippen LogP contribution in [0.5, 0.6) is 0 Å². The molecule has 0 radical (unpaired) electrons. The van der Waals surface area contributed by atoms with E-state index in [0.717, 1.165) is 19.3 Å². The van der Waals surface area contributed by atoms with Gasteiger partial charge in [0.25, 0.3) is 0 Å². The first kappa shape index (κ1) is 23.2. The fourth-order valence-corrected chi connectivity index (χ4v) is 3.25. The molecule has 1 aliphatic rings. The molecule has 0 N–H and O–H groups in total. The highest BCUT2D eigenvalue weighted by Gasteiger charge is 2.27. The summed E-state index contributed by atoms with van der Waals surface area (Å²) < 4.78 is 4.99. The van der Waals surface area contributed by atoms with Crippen LogP contribution in [-0.2, 0) is 19.1 Å². The highest BCUT2D eigenvalue weighted by molar-refractivity contribution is 6.26. The zero-order valence-corrected chi connectivity index (χ0v) is 17.6. The average molecular weight is 375 g/mol. The van der Waals surface area contributed by atoms with Gasteiger partial charge >= 0.3 is 0 Å². The van der Waals surface area contributed by atoms with Crippen LogP contribution in [-0.4, -0.2) is 31.1 Å². The summed E-state index contributed by atoms with van der Waals surface area (Å²) in [6, 6.07) is 0. The number of rotatable bonds is 12. The largest absolute Gasteiger partial charge is 0.377 e. The number of allylic oxidation sites excluding steroid dienone is 5. The third-order valence-corrected chi connectivity index (χ3v) is 5.23. The van der Waals surface area contributed by atoms with E-state index in [4.69, 9.17) is 4.74 Å². The van der Waals surface area contributed by atoms with Crippen molar-refractivity contribution in [1.82, 2.24) is 0 Å². The van der Waals surface area contributed by atoms with Crippen molar-refractivity contribution >= 4 is 17.3 Å². The fourth-order valence-electron chi connectivity index (χ4n) is 3.25. The van der Waals surface area contributed by atoms with Crippen LogP contribution >= 0.6 is 0 Å². The molecule has 0 heterocycles. The van der Waals surface area contributed by atoms with Gasteiger partial charge in [-0.15, -0.1) is 0 Å². The Labute approximate surface area is 163 Å². The summed E-state index contributed by atoms with van der Waals surface area (Å²) in [6.45, 7) is 7.20. The van der Waals surface area contributed by atoms with Crippen LogP contribution in [0.4, 0.5) is 0 Å². The van der Waals surface area contributed by atoms with Gasteiger partial charge in [-0.3, -0.25) is 14.4 Å². The first-order chi connectivity index (χ1) is 12.8. The van der Waals surface area contributed by atoms with Crippen LogP contribution in [0.2, 0.25) is 0 Å². The van der Waals surface area contributed by atoms with Gasteiger partial charge in [0.2, 0.25) is 0 Å². The molecule has 0 atom stereocenters. The molecule has 0 spiro atoms. The van der Waals surface area contributed by atoms with Crippen molar-refractivity contribution in [2.75, 3.05) is 13.7 Å². The third-order valence-electron chi connectivity index (χ3n) is 5.23. The number of carbonyl (C=O) groups excluding carboxylic acids is 3. The molecular weight excluding hydrogens is 340 g/mol. The maximum Gasteiger partial charge on any atom is 0.189 e. The lowest BCUT2D eigenvalue weighted by Gasteiger charge is -2.17. The molecule has 0 aromatic carbocycles. The topological polar surface area (TPSA) is 60.4 Å².